The molecule has 1 aromatic carbocycles. The number of nitriles is 1. The van der Waals surface area contributed by atoms with E-state index < -0.39 is 0 Å². The van der Waals surface area contributed by atoms with E-state index in [1.165, 1.54) is 18.9 Å². The summed E-state index contributed by atoms with van der Waals surface area (Å²) in [5.74, 6) is -0.334. The molecule has 1 atom stereocenters. The van der Waals surface area contributed by atoms with Gasteiger partial charge in [-0.25, -0.2) is 4.39 Å². The van der Waals surface area contributed by atoms with Gasteiger partial charge in [0.25, 0.3) is 0 Å². The lowest BCUT2D eigenvalue weighted by molar-refractivity contribution is 0.326. The van der Waals surface area contributed by atoms with E-state index in [2.05, 4.69) is 10.2 Å². The van der Waals surface area contributed by atoms with Crippen molar-refractivity contribution >= 4 is 5.69 Å². The molecule has 1 N–H and O–H groups in total. The average molecular weight is 245 g/mol. The molecule has 1 aliphatic carbocycles. The summed E-state index contributed by atoms with van der Waals surface area (Å²) >= 11 is 0. The molecule has 4 heteroatoms. The van der Waals surface area contributed by atoms with E-state index in [1.807, 2.05) is 6.07 Å². The average Bonchev–Trinajstić information content (AvgIpc) is 3.13. The van der Waals surface area contributed by atoms with E-state index >= 15 is 0 Å². The van der Waals surface area contributed by atoms with Gasteiger partial charge in [-0.1, -0.05) is 0 Å². The SMILES string of the molecule is N#Cc1ccc(NC2CCN(C3CC3)C2)c(F)c1. The fraction of sp³-hybridized carbons (Fsp3) is 0.500. The Morgan fingerprint density at radius 2 is 2.17 bits per heavy atom. The van der Waals surface area contributed by atoms with Crippen LogP contribution in [0, 0.1) is 17.1 Å². The summed E-state index contributed by atoms with van der Waals surface area (Å²) in [6, 6.07) is 7.65. The van der Waals surface area contributed by atoms with Gasteiger partial charge in [0.05, 0.1) is 17.3 Å². The molecule has 3 nitrogen and oxygen atoms in total. The van der Waals surface area contributed by atoms with Crippen molar-refractivity contribution in [1.82, 2.24) is 4.90 Å². The summed E-state index contributed by atoms with van der Waals surface area (Å²) in [7, 11) is 0. The second-order valence-corrected chi connectivity index (χ2v) is 5.16. The van der Waals surface area contributed by atoms with Gasteiger partial charge in [-0.15, -0.1) is 0 Å². The number of hydrogen-bond donors (Lipinski definition) is 1. The Kier molecular flexibility index (Phi) is 2.92. The van der Waals surface area contributed by atoms with Crippen molar-refractivity contribution in [2.45, 2.75) is 31.3 Å². The predicted molar refractivity (Wildman–Crippen MR) is 67.7 cm³/mol. The van der Waals surface area contributed by atoms with E-state index in [9.17, 15) is 4.39 Å². The maximum absolute atomic E-state index is 13.7. The van der Waals surface area contributed by atoms with Crippen LogP contribution in [0.5, 0.6) is 0 Å². The number of halogens is 1. The lowest BCUT2D eigenvalue weighted by atomic mass is 10.2. The second-order valence-electron chi connectivity index (χ2n) is 5.16. The Labute approximate surface area is 106 Å². The molecule has 1 saturated heterocycles. The lowest BCUT2D eigenvalue weighted by Crippen LogP contribution is -2.28. The summed E-state index contributed by atoms with van der Waals surface area (Å²) in [4.78, 5) is 2.49. The maximum Gasteiger partial charge on any atom is 0.147 e. The summed E-state index contributed by atoms with van der Waals surface area (Å²) in [6.07, 6.45) is 3.70. The van der Waals surface area contributed by atoms with E-state index in [0.717, 1.165) is 25.6 Å². The number of nitrogens with zero attached hydrogens (tertiary/aromatic N) is 2. The van der Waals surface area contributed by atoms with Crippen LogP contribution >= 0.6 is 0 Å². The van der Waals surface area contributed by atoms with Crippen molar-refractivity contribution < 1.29 is 4.39 Å². The van der Waals surface area contributed by atoms with Crippen LogP contribution in [-0.2, 0) is 0 Å². The summed E-state index contributed by atoms with van der Waals surface area (Å²) < 4.78 is 13.7. The molecule has 0 spiro atoms. The van der Waals surface area contributed by atoms with Crippen LogP contribution < -0.4 is 5.32 Å². The Morgan fingerprint density at radius 1 is 1.33 bits per heavy atom. The molecular weight excluding hydrogens is 229 g/mol. The van der Waals surface area contributed by atoms with Crippen molar-refractivity contribution in [3.8, 4) is 6.07 Å². The molecule has 1 unspecified atom stereocenters. The van der Waals surface area contributed by atoms with Crippen molar-refractivity contribution in [3.63, 3.8) is 0 Å². The Balaban J connectivity index is 1.64. The van der Waals surface area contributed by atoms with Crippen LogP contribution in [0.1, 0.15) is 24.8 Å². The molecule has 0 radical (unpaired) electrons. The molecule has 1 aromatic rings. The van der Waals surface area contributed by atoms with Crippen LogP contribution in [-0.4, -0.2) is 30.1 Å². The molecule has 1 heterocycles. The predicted octanol–water partition coefficient (Wildman–Crippen LogP) is 2.35. The van der Waals surface area contributed by atoms with Crippen LogP contribution in [0.3, 0.4) is 0 Å². The highest BCUT2D eigenvalue weighted by molar-refractivity contribution is 5.49. The first-order chi connectivity index (χ1) is 8.76. The molecular formula is C14H16FN3. The third-order valence-electron chi connectivity index (χ3n) is 3.74. The van der Waals surface area contributed by atoms with Crippen LogP contribution in [0.2, 0.25) is 0 Å². The minimum Gasteiger partial charge on any atom is -0.379 e. The minimum absolute atomic E-state index is 0.327. The van der Waals surface area contributed by atoms with Gasteiger partial charge in [0.15, 0.2) is 0 Å². The van der Waals surface area contributed by atoms with Gasteiger partial charge in [-0.05, 0) is 37.5 Å². The van der Waals surface area contributed by atoms with Gasteiger partial charge in [-0.3, -0.25) is 4.90 Å². The Bertz CT molecular complexity index is 490. The molecule has 1 saturated carbocycles. The van der Waals surface area contributed by atoms with E-state index in [4.69, 9.17) is 5.26 Å². The first kappa shape index (κ1) is 11.5. The highest BCUT2D eigenvalue weighted by Gasteiger charge is 2.34. The molecule has 0 aromatic heterocycles. The largest absolute Gasteiger partial charge is 0.379 e. The van der Waals surface area contributed by atoms with Crippen molar-refractivity contribution in [2.24, 2.45) is 0 Å². The van der Waals surface area contributed by atoms with E-state index in [-0.39, 0.29) is 5.82 Å². The monoisotopic (exact) mass is 245 g/mol. The first-order valence-corrected chi connectivity index (χ1v) is 6.46. The van der Waals surface area contributed by atoms with Crippen LogP contribution in [0.4, 0.5) is 10.1 Å². The summed E-state index contributed by atoms with van der Waals surface area (Å²) in [6.45, 7) is 2.12. The Hall–Kier alpha value is -1.60. The van der Waals surface area contributed by atoms with Gasteiger partial charge in [0, 0.05) is 25.2 Å². The Morgan fingerprint density at radius 3 is 2.83 bits per heavy atom. The smallest absolute Gasteiger partial charge is 0.147 e. The number of rotatable bonds is 3. The molecule has 0 amide bonds. The molecule has 2 aliphatic rings. The van der Waals surface area contributed by atoms with E-state index in [1.54, 1.807) is 12.1 Å². The molecule has 94 valence electrons. The number of anilines is 1. The molecule has 18 heavy (non-hydrogen) atoms. The summed E-state index contributed by atoms with van der Waals surface area (Å²) in [5, 5.41) is 11.9. The third kappa shape index (κ3) is 2.32. The van der Waals surface area contributed by atoms with Gasteiger partial charge < -0.3 is 5.32 Å². The number of nitrogens with one attached hydrogen (secondary N) is 1. The number of likely N-dealkylation sites (tertiary alicyclic amines) is 1. The van der Waals surface area contributed by atoms with Gasteiger partial charge in [-0.2, -0.15) is 5.26 Å². The molecule has 0 bridgehead atoms. The van der Waals surface area contributed by atoms with Gasteiger partial charge in [0.1, 0.15) is 5.82 Å². The highest BCUT2D eigenvalue weighted by atomic mass is 19.1. The highest BCUT2D eigenvalue weighted by Crippen LogP contribution is 2.30. The second kappa shape index (κ2) is 4.58. The fourth-order valence-electron chi connectivity index (χ4n) is 2.60. The zero-order valence-electron chi connectivity index (χ0n) is 10.2. The zero-order chi connectivity index (χ0) is 12.5. The quantitative estimate of drug-likeness (QED) is 0.888. The number of benzene rings is 1. The van der Waals surface area contributed by atoms with Gasteiger partial charge in [0.2, 0.25) is 0 Å². The van der Waals surface area contributed by atoms with Gasteiger partial charge >= 0.3 is 0 Å². The number of hydrogen-bond acceptors (Lipinski definition) is 3. The van der Waals surface area contributed by atoms with Crippen molar-refractivity contribution in [2.75, 3.05) is 18.4 Å². The van der Waals surface area contributed by atoms with Crippen LogP contribution in [0.15, 0.2) is 18.2 Å². The maximum atomic E-state index is 13.7. The molecule has 3 rings (SSSR count). The van der Waals surface area contributed by atoms with E-state index in [0.29, 0.717) is 17.3 Å². The normalized spacial score (nSPS) is 23.9. The minimum atomic E-state index is -0.334. The topological polar surface area (TPSA) is 39.1 Å². The van der Waals surface area contributed by atoms with Crippen molar-refractivity contribution in [3.05, 3.63) is 29.6 Å². The third-order valence-corrected chi connectivity index (χ3v) is 3.74. The zero-order valence-corrected chi connectivity index (χ0v) is 10.2. The fourth-order valence-corrected chi connectivity index (χ4v) is 2.60. The molecule has 1 aliphatic heterocycles. The molecule has 2 fully saturated rings. The summed E-state index contributed by atoms with van der Waals surface area (Å²) in [5.41, 5.74) is 0.876. The first-order valence-electron chi connectivity index (χ1n) is 6.46. The standard InChI is InChI=1S/C14H16FN3/c15-13-7-10(8-16)1-4-14(13)17-11-5-6-18(9-11)12-2-3-12/h1,4,7,11-12,17H,2-3,5-6,9H2. The van der Waals surface area contributed by atoms with Crippen LogP contribution in [0.25, 0.3) is 0 Å². The lowest BCUT2D eigenvalue weighted by Gasteiger charge is -2.17. The van der Waals surface area contributed by atoms with Crippen molar-refractivity contribution in [1.29, 1.82) is 5.26 Å².